The predicted molar refractivity (Wildman–Crippen MR) is 98.4 cm³/mol. The fourth-order valence-electron chi connectivity index (χ4n) is 3.28. The molecule has 2 heterocycles. The fourth-order valence-corrected chi connectivity index (χ4v) is 4.08. The van der Waals surface area contributed by atoms with Crippen molar-refractivity contribution in [2.24, 2.45) is 5.10 Å². The molecule has 0 saturated carbocycles. The number of piperidine rings is 1. The zero-order valence-corrected chi connectivity index (χ0v) is 15.4. The molecule has 2 aliphatic heterocycles. The van der Waals surface area contributed by atoms with Crippen LogP contribution in [0, 0.1) is 0 Å². The Hall–Kier alpha value is -1.93. The van der Waals surface area contributed by atoms with Gasteiger partial charge < -0.3 is 4.90 Å². The average Bonchev–Trinajstić information content (AvgIpc) is 2.99. The summed E-state index contributed by atoms with van der Waals surface area (Å²) in [5.74, 6) is -0.0624. The second-order valence-electron chi connectivity index (χ2n) is 6.74. The van der Waals surface area contributed by atoms with Gasteiger partial charge in [0.05, 0.1) is 11.9 Å². The molecular formula is C17H24N4O3S. The Labute approximate surface area is 148 Å². The summed E-state index contributed by atoms with van der Waals surface area (Å²) >= 11 is 0. The molecule has 8 heteroatoms. The Morgan fingerprint density at radius 3 is 2.56 bits per heavy atom. The monoisotopic (exact) mass is 364 g/mol. The zero-order chi connectivity index (χ0) is 18.0. The number of hydrazone groups is 1. The second-order valence-corrected chi connectivity index (χ2v) is 8.52. The maximum atomic E-state index is 12.7. The Bertz CT molecular complexity index is 774. The van der Waals surface area contributed by atoms with Crippen LogP contribution in [0.15, 0.2) is 29.4 Å². The van der Waals surface area contributed by atoms with Gasteiger partial charge in [0.1, 0.15) is 0 Å². The molecule has 1 N–H and O–H groups in total. The first-order chi connectivity index (χ1) is 11.8. The highest BCUT2D eigenvalue weighted by molar-refractivity contribution is 7.88. The van der Waals surface area contributed by atoms with E-state index >= 15 is 0 Å². The molecule has 136 valence electrons. The average molecular weight is 364 g/mol. The third kappa shape index (κ3) is 4.58. The van der Waals surface area contributed by atoms with Crippen molar-refractivity contribution in [1.29, 1.82) is 0 Å². The van der Waals surface area contributed by atoms with Crippen LogP contribution < -0.4 is 9.73 Å². The summed E-state index contributed by atoms with van der Waals surface area (Å²) in [6.45, 7) is 3.93. The first-order valence-electron chi connectivity index (χ1n) is 8.50. The fraction of sp³-hybridized carbons (Fsp3) is 0.529. The zero-order valence-electron chi connectivity index (χ0n) is 14.6. The van der Waals surface area contributed by atoms with Crippen LogP contribution in [0.2, 0.25) is 0 Å². The van der Waals surface area contributed by atoms with Crippen LogP contribution in [0.4, 0.5) is 5.69 Å². The van der Waals surface area contributed by atoms with Crippen LogP contribution in [-0.4, -0.2) is 56.9 Å². The van der Waals surface area contributed by atoms with E-state index in [9.17, 15) is 13.2 Å². The van der Waals surface area contributed by atoms with Crippen molar-refractivity contribution in [3.8, 4) is 0 Å². The van der Waals surface area contributed by atoms with E-state index in [4.69, 9.17) is 0 Å². The SMILES string of the molecule is CC1=NN(c2ccc(C(=O)N3CCC[C@H](NS(C)(=O)=O)C3)cc2)CC1. The highest BCUT2D eigenvalue weighted by Crippen LogP contribution is 2.21. The molecule has 1 amide bonds. The molecule has 1 saturated heterocycles. The van der Waals surface area contributed by atoms with Crippen LogP contribution in [0.1, 0.15) is 36.5 Å². The number of amides is 1. The minimum atomic E-state index is -3.26. The maximum absolute atomic E-state index is 12.7. The Kier molecular flexibility index (Phi) is 5.10. The normalized spacial score (nSPS) is 21.4. The molecule has 0 aromatic heterocycles. The highest BCUT2D eigenvalue weighted by Gasteiger charge is 2.26. The lowest BCUT2D eigenvalue weighted by Gasteiger charge is -2.32. The third-order valence-corrected chi connectivity index (χ3v) is 5.24. The van der Waals surface area contributed by atoms with Crippen LogP contribution >= 0.6 is 0 Å². The number of carbonyl (C=O) groups excluding carboxylic acids is 1. The van der Waals surface area contributed by atoms with Gasteiger partial charge in [0, 0.05) is 43.4 Å². The molecule has 2 aliphatic rings. The first-order valence-corrected chi connectivity index (χ1v) is 10.4. The molecule has 1 aromatic carbocycles. The maximum Gasteiger partial charge on any atom is 0.253 e. The number of hydrogen-bond acceptors (Lipinski definition) is 5. The van der Waals surface area contributed by atoms with Gasteiger partial charge in [0.2, 0.25) is 10.0 Å². The minimum absolute atomic E-state index is 0.0624. The quantitative estimate of drug-likeness (QED) is 0.876. The van der Waals surface area contributed by atoms with Crippen LogP contribution in [0.5, 0.6) is 0 Å². The standard InChI is InChI=1S/C17H24N4O3S/c1-13-9-11-21(18-13)16-7-5-14(6-8-16)17(22)20-10-3-4-15(12-20)19-25(2,23)24/h5-8,15,19H,3-4,9-12H2,1-2H3/t15-/m0/s1. The van der Waals surface area contributed by atoms with Crippen molar-refractivity contribution in [2.45, 2.75) is 32.2 Å². The summed E-state index contributed by atoms with van der Waals surface area (Å²) in [6.07, 6.45) is 3.65. The van der Waals surface area contributed by atoms with E-state index in [1.807, 2.05) is 36.2 Å². The van der Waals surface area contributed by atoms with Crippen LogP contribution in [0.3, 0.4) is 0 Å². The molecule has 25 heavy (non-hydrogen) atoms. The minimum Gasteiger partial charge on any atom is -0.337 e. The number of rotatable bonds is 4. The molecule has 1 atom stereocenters. The number of likely N-dealkylation sites (tertiary alicyclic amines) is 1. The predicted octanol–water partition coefficient (Wildman–Crippen LogP) is 1.43. The summed E-state index contributed by atoms with van der Waals surface area (Å²) in [6, 6.07) is 7.23. The summed E-state index contributed by atoms with van der Waals surface area (Å²) in [5, 5.41) is 6.40. The van der Waals surface area contributed by atoms with Crippen molar-refractivity contribution in [3.63, 3.8) is 0 Å². The summed E-state index contributed by atoms with van der Waals surface area (Å²) in [4.78, 5) is 14.4. The number of carbonyl (C=O) groups is 1. The molecule has 0 spiro atoms. The van der Waals surface area contributed by atoms with Gasteiger partial charge >= 0.3 is 0 Å². The van der Waals surface area contributed by atoms with E-state index in [0.29, 0.717) is 18.7 Å². The lowest BCUT2D eigenvalue weighted by molar-refractivity contribution is 0.0703. The van der Waals surface area contributed by atoms with Crippen LogP contribution in [-0.2, 0) is 10.0 Å². The van der Waals surface area contributed by atoms with Gasteiger partial charge in [0.15, 0.2) is 0 Å². The molecule has 0 bridgehead atoms. The molecule has 0 aliphatic carbocycles. The van der Waals surface area contributed by atoms with Gasteiger partial charge in [-0.15, -0.1) is 0 Å². The van der Waals surface area contributed by atoms with Crippen molar-refractivity contribution in [2.75, 3.05) is 30.9 Å². The molecular weight excluding hydrogens is 340 g/mol. The van der Waals surface area contributed by atoms with Crippen LogP contribution in [0.25, 0.3) is 0 Å². The molecule has 1 fully saturated rings. The van der Waals surface area contributed by atoms with Gasteiger partial charge in [-0.2, -0.15) is 5.10 Å². The summed E-state index contributed by atoms with van der Waals surface area (Å²) in [5.41, 5.74) is 2.70. The Morgan fingerprint density at radius 1 is 1.24 bits per heavy atom. The van der Waals surface area contributed by atoms with E-state index in [1.54, 1.807) is 4.90 Å². The van der Waals surface area contributed by atoms with Gasteiger partial charge in [-0.3, -0.25) is 9.80 Å². The summed E-state index contributed by atoms with van der Waals surface area (Å²) in [7, 11) is -3.26. The van der Waals surface area contributed by atoms with Gasteiger partial charge in [-0.25, -0.2) is 13.1 Å². The molecule has 3 rings (SSSR count). The first kappa shape index (κ1) is 17.9. The van der Waals surface area contributed by atoms with Crippen molar-refractivity contribution in [1.82, 2.24) is 9.62 Å². The third-order valence-electron chi connectivity index (χ3n) is 4.48. The highest BCUT2D eigenvalue weighted by atomic mass is 32.2. The van der Waals surface area contributed by atoms with E-state index in [0.717, 1.165) is 43.5 Å². The largest absolute Gasteiger partial charge is 0.337 e. The van der Waals surface area contributed by atoms with E-state index in [2.05, 4.69) is 9.82 Å². The van der Waals surface area contributed by atoms with Crippen molar-refractivity contribution >= 4 is 27.3 Å². The number of hydrogen-bond donors (Lipinski definition) is 1. The molecule has 7 nitrogen and oxygen atoms in total. The molecule has 0 radical (unpaired) electrons. The molecule has 0 unspecified atom stereocenters. The Morgan fingerprint density at radius 2 is 1.96 bits per heavy atom. The van der Waals surface area contributed by atoms with Gasteiger partial charge in [-0.1, -0.05) is 0 Å². The lowest BCUT2D eigenvalue weighted by atomic mass is 10.1. The second kappa shape index (κ2) is 7.13. The van der Waals surface area contributed by atoms with Gasteiger partial charge in [0.25, 0.3) is 5.91 Å². The number of anilines is 1. The van der Waals surface area contributed by atoms with Crippen molar-refractivity contribution < 1.29 is 13.2 Å². The van der Waals surface area contributed by atoms with E-state index in [1.165, 1.54) is 0 Å². The number of sulfonamides is 1. The van der Waals surface area contributed by atoms with E-state index in [-0.39, 0.29) is 11.9 Å². The molecule has 1 aromatic rings. The van der Waals surface area contributed by atoms with E-state index < -0.39 is 10.0 Å². The number of benzene rings is 1. The summed E-state index contributed by atoms with van der Waals surface area (Å²) < 4.78 is 25.4. The number of nitrogens with zero attached hydrogens (tertiary/aromatic N) is 3. The smallest absolute Gasteiger partial charge is 0.253 e. The Balaban J connectivity index is 1.66. The van der Waals surface area contributed by atoms with Gasteiger partial charge in [-0.05, 0) is 44.0 Å². The topological polar surface area (TPSA) is 82.1 Å². The lowest BCUT2D eigenvalue weighted by Crippen LogP contribution is -2.49. The van der Waals surface area contributed by atoms with Crippen molar-refractivity contribution in [3.05, 3.63) is 29.8 Å². The number of nitrogens with one attached hydrogen (secondary N) is 1.